The largest absolute Gasteiger partial charge is 0.480 e. The highest BCUT2D eigenvalue weighted by atomic mass is 16.4. The van der Waals surface area contributed by atoms with E-state index in [4.69, 9.17) is 5.11 Å². The van der Waals surface area contributed by atoms with Gasteiger partial charge in [-0.1, -0.05) is 13.3 Å². The highest BCUT2D eigenvalue weighted by Crippen LogP contribution is 2.30. The van der Waals surface area contributed by atoms with Gasteiger partial charge in [0.15, 0.2) is 0 Å². The number of carbonyl (C=O) groups is 4. The zero-order valence-corrected chi connectivity index (χ0v) is 14.0. The highest BCUT2D eigenvalue weighted by Gasteiger charge is 2.38. The molecule has 0 aromatic heterocycles. The maximum absolute atomic E-state index is 12.7. The van der Waals surface area contributed by atoms with Gasteiger partial charge in [0, 0.05) is 18.2 Å². The molecule has 2 aliphatic rings. The number of carbonyl (C=O) groups excluding carboxylic acids is 3. The average molecular weight is 344 g/mol. The monoisotopic (exact) mass is 344 g/mol. The number of hydrogen-bond acceptors (Lipinski definition) is 4. The number of fused-ring (bicyclic) bond motifs is 1. The third-order valence-electron chi connectivity index (χ3n) is 4.51. The van der Waals surface area contributed by atoms with Crippen molar-refractivity contribution in [3.8, 4) is 0 Å². The molecule has 0 bridgehead atoms. The molecule has 132 valence electrons. The van der Waals surface area contributed by atoms with E-state index < -0.39 is 11.9 Å². The molecule has 7 nitrogen and oxygen atoms in total. The molecule has 0 atom stereocenters. The normalized spacial score (nSPS) is 16.1. The standard InChI is InChI=1S/C18H20N2O5/c1-2-3-8-19-17(24)13-7-4-11(9-14(13)18(19)25)16(23)20(10-15(21)22)12-5-6-12/h4,7,9,12H,2-3,5-6,8,10H2,1H3,(H,21,22). The fourth-order valence-corrected chi connectivity index (χ4v) is 3.01. The van der Waals surface area contributed by atoms with Crippen LogP contribution in [0, 0.1) is 0 Å². The lowest BCUT2D eigenvalue weighted by Crippen LogP contribution is -2.37. The molecule has 3 rings (SSSR count). The Hall–Kier alpha value is -2.70. The SMILES string of the molecule is CCCCN1C(=O)c2ccc(C(=O)N(CC(=O)O)C3CC3)cc2C1=O. The molecule has 25 heavy (non-hydrogen) atoms. The van der Waals surface area contributed by atoms with Crippen LogP contribution in [-0.2, 0) is 4.79 Å². The first-order valence-electron chi connectivity index (χ1n) is 8.47. The summed E-state index contributed by atoms with van der Waals surface area (Å²) < 4.78 is 0. The van der Waals surface area contributed by atoms with Crippen LogP contribution in [0.3, 0.4) is 0 Å². The fraction of sp³-hybridized carbons (Fsp3) is 0.444. The molecule has 1 aliphatic carbocycles. The molecule has 1 fully saturated rings. The predicted molar refractivity (Wildman–Crippen MR) is 88.4 cm³/mol. The maximum atomic E-state index is 12.7. The number of unbranched alkanes of at least 4 members (excludes halogenated alkanes) is 1. The Labute approximate surface area is 145 Å². The van der Waals surface area contributed by atoms with Crippen LogP contribution in [0.15, 0.2) is 18.2 Å². The summed E-state index contributed by atoms with van der Waals surface area (Å²) in [5.74, 6) is -2.21. The molecule has 3 amide bonds. The van der Waals surface area contributed by atoms with Gasteiger partial charge in [0.25, 0.3) is 17.7 Å². The Morgan fingerprint density at radius 1 is 1.20 bits per heavy atom. The summed E-state index contributed by atoms with van der Waals surface area (Å²) in [5.41, 5.74) is 0.761. The van der Waals surface area contributed by atoms with Crippen LogP contribution in [-0.4, -0.2) is 57.7 Å². The minimum Gasteiger partial charge on any atom is -0.480 e. The number of amides is 3. The first kappa shape index (κ1) is 17.1. The van der Waals surface area contributed by atoms with Crippen LogP contribution < -0.4 is 0 Å². The zero-order valence-electron chi connectivity index (χ0n) is 14.0. The van der Waals surface area contributed by atoms with Crippen molar-refractivity contribution >= 4 is 23.7 Å². The molecule has 1 heterocycles. The number of rotatable bonds is 7. The van der Waals surface area contributed by atoms with E-state index in [0.717, 1.165) is 25.7 Å². The molecule has 1 saturated carbocycles. The summed E-state index contributed by atoms with van der Waals surface area (Å²) in [7, 11) is 0. The number of benzene rings is 1. The lowest BCUT2D eigenvalue weighted by Gasteiger charge is -2.20. The van der Waals surface area contributed by atoms with E-state index in [0.29, 0.717) is 12.1 Å². The molecule has 0 radical (unpaired) electrons. The second kappa shape index (κ2) is 6.66. The lowest BCUT2D eigenvalue weighted by atomic mass is 10.0. The maximum Gasteiger partial charge on any atom is 0.323 e. The number of aliphatic carboxylic acids is 1. The van der Waals surface area contributed by atoms with Crippen LogP contribution in [0.25, 0.3) is 0 Å². The zero-order chi connectivity index (χ0) is 18.1. The molecule has 1 N–H and O–H groups in total. The van der Waals surface area contributed by atoms with E-state index in [-0.39, 0.29) is 35.5 Å². The Morgan fingerprint density at radius 2 is 1.88 bits per heavy atom. The quantitative estimate of drug-likeness (QED) is 0.761. The van der Waals surface area contributed by atoms with Gasteiger partial charge in [0.1, 0.15) is 6.54 Å². The minimum atomic E-state index is -1.07. The van der Waals surface area contributed by atoms with Crippen molar-refractivity contribution in [2.75, 3.05) is 13.1 Å². The lowest BCUT2D eigenvalue weighted by molar-refractivity contribution is -0.137. The van der Waals surface area contributed by atoms with Crippen molar-refractivity contribution in [1.82, 2.24) is 9.80 Å². The van der Waals surface area contributed by atoms with Crippen molar-refractivity contribution in [3.05, 3.63) is 34.9 Å². The van der Waals surface area contributed by atoms with Crippen molar-refractivity contribution < 1.29 is 24.3 Å². The summed E-state index contributed by atoms with van der Waals surface area (Å²) in [4.78, 5) is 51.0. The molecular formula is C18H20N2O5. The van der Waals surface area contributed by atoms with Gasteiger partial charge in [-0.3, -0.25) is 24.1 Å². The van der Waals surface area contributed by atoms with E-state index >= 15 is 0 Å². The minimum absolute atomic E-state index is 0.0600. The van der Waals surface area contributed by atoms with Crippen LogP contribution in [0.5, 0.6) is 0 Å². The van der Waals surface area contributed by atoms with E-state index in [2.05, 4.69) is 0 Å². The Kier molecular flexibility index (Phi) is 4.57. The topological polar surface area (TPSA) is 95.0 Å². The first-order valence-corrected chi connectivity index (χ1v) is 8.47. The highest BCUT2D eigenvalue weighted by molar-refractivity contribution is 6.22. The molecule has 1 aliphatic heterocycles. The third-order valence-corrected chi connectivity index (χ3v) is 4.51. The van der Waals surface area contributed by atoms with Crippen molar-refractivity contribution in [2.45, 2.75) is 38.6 Å². The summed E-state index contributed by atoms with van der Waals surface area (Å²) in [6.07, 6.45) is 3.16. The second-order valence-corrected chi connectivity index (χ2v) is 6.43. The van der Waals surface area contributed by atoms with Crippen LogP contribution in [0.2, 0.25) is 0 Å². The van der Waals surface area contributed by atoms with E-state index in [1.54, 1.807) is 0 Å². The number of nitrogens with zero attached hydrogens (tertiary/aromatic N) is 2. The molecule has 0 spiro atoms. The average Bonchev–Trinajstić information content (AvgIpc) is 3.39. The van der Waals surface area contributed by atoms with Gasteiger partial charge in [0.05, 0.1) is 11.1 Å². The molecule has 1 aromatic carbocycles. The molecule has 7 heteroatoms. The molecular weight excluding hydrogens is 324 g/mol. The third kappa shape index (κ3) is 3.26. The molecule has 0 unspecified atom stereocenters. The van der Waals surface area contributed by atoms with Crippen LogP contribution in [0.1, 0.15) is 63.7 Å². The fourth-order valence-electron chi connectivity index (χ4n) is 3.01. The Bertz CT molecular complexity index is 754. The van der Waals surface area contributed by atoms with Gasteiger partial charge in [-0.15, -0.1) is 0 Å². The summed E-state index contributed by atoms with van der Waals surface area (Å²) >= 11 is 0. The number of carboxylic acids is 1. The van der Waals surface area contributed by atoms with E-state index in [1.165, 1.54) is 28.0 Å². The van der Waals surface area contributed by atoms with Crippen molar-refractivity contribution in [2.24, 2.45) is 0 Å². The van der Waals surface area contributed by atoms with Crippen LogP contribution >= 0.6 is 0 Å². The van der Waals surface area contributed by atoms with E-state index in [1.807, 2.05) is 6.92 Å². The summed E-state index contributed by atoms with van der Waals surface area (Å²) in [5, 5.41) is 9.01. The summed E-state index contributed by atoms with van der Waals surface area (Å²) in [6.45, 7) is 1.97. The van der Waals surface area contributed by atoms with Crippen molar-refractivity contribution in [1.29, 1.82) is 0 Å². The number of carboxylic acid groups (broad SMARTS) is 1. The molecule has 0 saturated heterocycles. The Balaban J connectivity index is 1.86. The number of hydrogen-bond donors (Lipinski definition) is 1. The van der Waals surface area contributed by atoms with Gasteiger partial charge in [-0.25, -0.2) is 0 Å². The number of imide groups is 1. The van der Waals surface area contributed by atoms with Gasteiger partial charge in [-0.05, 0) is 37.5 Å². The smallest absolute Gasteiger partial charge is 0.323 e. The van der Waals surface area contributed by atoms with Gasteiger partial charge in [0.2, 0.25) is 0 Å². The molecule has 1 aromatic rings. The predicted octanol–water partition coefficient (Wildman–Crippen LogP) is 1.77. The van der Waals surface area contributed by atoms with E-state index in [9.17, 15) is 19.2 Å². The first-order chi connectivity index (χ1) is 11.9. The van der Waals surface area contributed by atoms with Crippen molar-refractivity contribution in [3.63, 3.8) is 0 Å². The van der Waals surface area contributed by atoms with Gasteiger partial charge in [-0.2, -0.15) is 0 Å². The van der Waals surface area contributed by atoms with Gasteiger partial charge >= 0.3 is 5.97 Å². The summed E-state index contributed by atoms with van der Waals surface area (Å²) in [6, 6.07) is 4.34. The van der Waals surface area contributed by atoms with Gasteiger partial charge < -0.3 is 10.0 Å². The van der Waals surface area contributed by atoms with Crippen LogP contribution in [0.4, 0.5) is 0 Å². The Morgan fingerprint density at radius 3 is 2.48 bits per heavy atom. The second-order valence-electron chi connectivity index (χ2n) is 6.43.